The van der Waals surface area contributed by atoms with Crippen LogP contribution in [0.3, 0.4) is 0 Å². The molecule has 0 fully saturated rings. The molecule has 0 aliphatic heterocycles. The number of nitrogens with one attached hydrogen (secondary N) is 4. The van der Waals surface area contributed by atoms with Crippen LogP contribution in [0.5, 0.6) is 0 Å². The number of aliphatic hydroxyl groups excluding tert-OH is 1. The first-order chi connectivity index (χ1) is 22.8. The summed E-state index contributed by atoms with van der Waals surface area (Å²) in [6, 6.07) is 8.80. The Hall–Kier alpha value is -5.08. The minimum Gasteiger partial charge on any atom is -0.395 e. The Labute approximate surface area is 281 Å². The van der Waals surface area contributed by atoms with Crippen molar-refractivity contribution in [3.8, 4) is 0 Å². The van der Waals surface area contributed by atoms with Crippen molar-refractivity contribution in [1.82, 2.24) is 15.0 Å². The average molecular weight is 759 g/mol. The molecule has 25 heteroatoms. The molecule has 21 nitrogen and oxygen atoms in total. The van der Waals surface area contributed by atoms with Crippen LogP contribution in [0.25, 0.3) is 0 Å². The number of aliphatic hydroxyl groups is 1. The molecule has 1 aromatic heterocycles. The van der Waals surface area contributed by atoms with Gasteiger partial charge < -0.3 is 32.1 Å². The molecule has 260 valence electrons. The molecular formula is C24H23ClN10O11S3. The zero-order valence-electron chi connectivity index (χ0n) is 24.2. The summed E-state index contributed by atoms with van der Waals surface area (Å²) in [5.41, 5.74) is 4.99. The van der Waals surface area contributed by atoms with Gasteiger partial charge in [0.05, 0.1) is 22.9 Å². The summed E-state index contributed by atoms with van der Waals surface area (Å²) in [4.78, 5) is 21.5. The number of nitrogens with two attached hydrogens (primary N) is 1. The largest absolute Gasteiger partial charge is 0.395 e. The fourth-order valence-corrected chi connectivity index (χ4v) is 5.91. The van der Waals surface area contributed by atoms with E-state index in [1.54, 1.807) is 0 Å². The highest BCUT2D eigenvalue weighted by atomic mass is 35.5. The fourth-order valence-electron chi connectivity index (χ4n) is 3.87. The zero-order chi connectivity index (χ0) is 36.1. The van der Waals surface area contributed by atoms with E-state index < -0.39 is 56.8 Å². The van der Waals surface area contributed by atoms with Crippen molar-refractivity contribution in [3.05, 3.63) is 59.9 Å². The number of urea groups is 1. The average Bonchev–Trinajstić information content (AvgIpc) is 2.97. The summed E-state index contributed by atoms with van der Waals surface area (Å²) in [5.74, 6) is -0.252. The highest BCUT2D eigenvalue weighted by Crippen LogP contribution is 2.34. The smallest absolute Gasteiger partial charge is 0.316 e. The number of aromatic nitrogens is 3. The van der Waals surface area contributed by atoms with Gasteiger partial charge in [0, 0.05) is 17.9 Å². The summed E-state index contributed by atoms with van der Waals surface area (Å²) in [5, 5.41) is 27.0. The number of rotatable bonds is 13. The molecule has 2 amide bonds. The lowest BCUT2D eigenvalue weighted by Crippen LogP contribution is -2.19. The van der Waals surface area contributed by atoms with Gasteiger partial charge in [0.2, 0.25) is 17.2 Å². The Balaban J connectivity index is 1.64. The van der Waals surface area contributed by atoms with E-state index in [0.717, 1.165) is 18.2 Å². The van der Waals surface area contributed by atoms with Crippen molar-refractivity contribution in [3.63, 3.8) is 0 Å². The van der Waals surface area contributed by atoms with Crippen LogP contribution in [-0.2, 0) is 30.4 Å². The standard InChI is InChI=1S/C24H23ClN10O11S3/c25-21-31-23(33-24(32-21)29-13-2-6-19(48(41,42)43)18(10-13)27-7-8-36)28-12-1-4-15(17(9-12)30-22(26)37)34-35-16-5-3-14(47(38,39)40)11-20(16)49(44,45)46/h1-6,9-11,27,36H,7-8H2,(H3,26,30,37)(H,38,39,40)(H,41,42,43)(H,44,45,46)(H2,28,29,31,32,33). The van der Waals surface area contributed by atoms with E-state index in [1.807, 2.05) is 0 Å². The van der Waals surface area contributed by atoms with Gasteiger partial charge in [-0.2, -0.15) is 40.2 Å². The quantitative estimate of drug-likeness (QED) is 0.0698. The van der Waals surface area contributed by atoms with Gasteiger partial charge in [-0.05, 0) is 66.2 Å². The number of benzene rings is 3. The second-order valence-electron chi connectivity index (χ2n) is 9.34. The Morgan fingerprint density at radius 2 is 1.29 bits per heavy atom. The molecule has 0 aliphatic rings. The first-order valence-electron chi connectivity index (χ1n) is 13.0. The Bertz CT molecular complexity index is 2290. The third kappa shape index (κ3) is 9.97. The second kappa shape index (κ2) is 14.6. The van der Waals surface area contributed by atoms with E-state index in [-0.39, 0.29) is 58.8 Å². The lowest BCUT2D eigenvalue weighted by molar-refractivity contribution is 0.259. The third-order valence-electron chi connectivity index (χ3n) is 5.83. The predicted molar refractivity (Wildman–Crippen MR) is 173 cm³/mol. The van der Waals surface area contributed by atoms with Crippen LogP contribution in [0.4, 0.5) is 50.8 Å². The Morgan fingerprint density at radius 3 is 1.84 bits per heavy atom. The zero-order valence-corrected chi connectivity index (χ0v) is 27.4. The van der Waals surface area contributed by atoms with Gasteiger partial charge in [0.25, 0.3) is 30.4 Å². The number of anilines is 6. The maximum absolute atomic E-state index is 11.9. The Kier molecular flexibility index (Phi) is 10.9. The number of amides is 2. The SMILES string of the molecule is NC(=O)Nc1cc(Nc2nc(Cl)nc(Nc3ccc(S(=O)(=O)O)c(NCCO)c3)n2)ccc1N=Nc1ccc(S(=O)(=O)O)cc1S(=O)(=O)O. The molecule has 0 atom stereocenters. The third-order valence-corrected chi connectivity index (χ3v) is 8.65. The normalized spacial score (nSPS) is 12.1. The van der Waals surface area contributed by atoms with E-state index in [2.05, 4.69) is 46.4 Å². The van der Waals surface area contributed by atoms with Crippen LogP contribution in [0.15, 0.2) is 79.5 Å². The molecule has 4 aromatic rings. The molecule has 3 aromatic carbocycles. The van der Waals surface area contributed by atoms with Crippen molar-refractivity contribution in [2.24, 2.45) is 16.0 Å². The lowest BCUT2D eigenvalue weighted by atomic mass is 10.2. The molecule has 0 saturated carbocycles. The number of halogens is 1. The van der Waals surface area contributed by atoms with Gasteiger partial charge in [-0.25, -0.2) is 4.79 Å². The van der Waals surface area contributed by atoms with Gasteiger partial charge in [-0.3, -0.25) is 13.7 Å². The molecule has 0 spiro atoms. The van der Waals surface area contributed by atoms with Crippen LogP contribution in [0.1, 0.15) is 0 Å². The van der Waals surface area contributed by atoms with Crippen LogP contribution in [0, 0.1) is 0 Å². The van der Waals surface area contributed by atoms with Crippen molar-refractivity contribution in [2.45, 2.75) is 14.7 Å². The number of carbonyl (C=O) groups is 1. The molecule has 4 rings (SSSR count). The highest BCUT2D eigenvalue weighted by molar-refractivity contribution is 7.87. The van der Waals surface area contributed by atoms with Gasteiger partial charge >= 0.3 is 6.03 Å². The van der Waals surface area contributed by atoms with Gasteiger partial charge in [0.1, 0.15) is 21.2 Å². The second-order valence-corrected chi connectivity index (χ2v) is 13.9. The predicted octanol–water partition coefficient (Wildman–Crippen LogP) is 3.06. The van der Waals surface area contributed by atoms with Crippen molar-refractivity contribution >= 4 is 94.0 Å². The van der Waals surface area contributed by atoms with Crippen molar-refractivity contribution in [2.75, 3.05) is 34.4 Å². The molecule has 1 heterocycles. The molecule has 10 N–H and O–H groups in total. The minimum absolute atomic E-state index is 0.0276. The van der Waals surface area contributed by atoms with Crippen LogP contribution < -0.4 is 27.0 Å². The monoisotopic (exact) mass is 758 g/mol. The van der Waals surface area contributed by atoms with E-state index in [1.165, 1.54) is 30.3 Å². The molecule has 0 radical (unpaired) electrons. The highest BCUT2D eigenvalue weighted by Gasteiger charge is 2.21. The molecule has 49 heavy (non-hydrogen) atoms. The van der Waals surface area contributed by atoms with Crippen LogP contribution in [-0.4, -0.2) is 78.2 Å². The minimum atomic E-state index is -5.04. The van der Waals surface area contributed by atoms with Gasteiger partial charge in [-0.15, -0.1) is 10.2 Å². The molecule has 0 bridgehead atoms. The van der Waals surface area contributed by atoms with E-state index in [0.29, 0.717) is 6.07 Å². The van der Waals surface area contributed by atoms with E-state index in [4.69, 9.17) is 22.4 Å². The molecule has 0 aliphatic carbocycles. The maximum atomic E-state index is 11.9. The number of nitrogens with zero attached hydrogens (tertiary/aromatic N) is 5. The van der Waals surface area contributed by atoms with E-state index in [9.17, 15) is 43.7 Å². The first-order valence-corrected chi connectivity index (χ1v) is 17.7. The van der Waals surface area contributed by atoms with E-state index >= 15 is 0 Å². The van der Waals surface area contributed by atoms with Crippen LogP contribution >= 0.6 is 11.6 Å². The number of hydrogen-bond acceptors (Lipinski definition) is 16. The molecular weight excluding hydrogens is 736 g/mol. The van der Waals surface area contributed by atoms with Gasteiger partial charge in [-0.1, -0.05) is 0 Å². The number of azo groups is 1. The summed E-state index contributed by atoms with van der Waals surface area (Å²) in [6.45, 7) is -0.357. The van der Waals surface area contributed by atoms with Crippen LogP contribution in [0.2, 0.25) is 5.28 Å². The van der Waals surface area contributed by atoms with Crippen molar-refractivity contribution in [1.29, 1.82) is 0 Å². The number of primary amides is 1. The molecule has 0 unspecified atom stereocenters. The van der Waals surface area contributed by atoms with Crippen molar-refractivity contribution < 1.29 is 48.8 Å². The lowest BCUT2D eigenvalue weighted by Gasteiger charge is -2.13. The number of carbonyl (C=O) groups excluding carboxylic acids is 1. The summed E-state index contributed by atoms with van der Waals surface area (Å²) in [7, 11) is -14.5. The van der Waals surface area contributed by atoms with Gasteiger partial charge in [0.15, 0.2) is 0 Å². The first kappa shape index (κ1) is 36.8. The summed E-state index contributed by atoms with van der Waals surface area (Å²) in [6.07, 6.45) is 0. The molecule has 0 saturated heterocycles. The topological polar surface area (TPSA) is 338 Å². The fraction of sp³-hybridized carbons (Fsp3) is 0.0833. The summed E-state index contributed by atoms with van der Waals surface area (Å²) < 4.78 is 98.3. The Morgan fingerprint density at radius 1 is 0.735 bits per heavy atom. The number of hydrogen-bond donors (Lipinski definition) is 9. The summed E-state index contributed by atoms with van der Waals surface area (Å²) >= 11 is 6.07. The maximum Gasteiger partial charge on any atom is 0.316 e.